The maximum absolute atomic E-state index is 12.7. The Bertz CT molecular complexity index is 977. The molecule has 2 rings (SSSR count). The van der Waals surface area contributed by atoms with E-state index < -0.39 is 17.7 Å². The van der Waals surface area contributed by atoms with Gasteiger partial charge in [-0.25, -0.2) is 4.79 Å². The zero-order valence-electron chi connectivity index (χ0n) is 20.9. The lowest BCUT2D eigenvalue weighted by molar-refractivity contribution is -0.131. The highest BCUT2D eigenvalue weighted by atomic mass is 16.6. The highest BCUT2D eigenvalue weighted by Gasteiger charge is 2.19. The van der Waals surface area contributed by atoms with Crippen LogP contribution < -0.4 is 15.4 Å². The highest BCUT2D eigenvalue weighted by molar-refractivity contribution is 6.06. The summed E-state index contributed by atoms with van der Waals surface area (Å²) in [7, 11) is 0. The van der Waals surface area contributed by atoms with E-state index in [1.165, 1.54) is 6.92 Å². The molecule has 0 bridgehead atoms. The average Bonchev–Trinajstić information content (AvgIpc) is 2.79. The molecule has 0 aliphatic rings. The van der Waals surface area contributed by atoms with E-state index in [9.17, 15) is 14.4 Å². The number of benzene rings is 2. The van der Waals surface area contributed by atoms with Gasteiger partial charge in [0.1, 0.15) is 11.4 Å². The van der Waals surface area contributed by atoms with E-state index in [4.69, 9.17) is 14.9 Å². The molecule has 2 amide bonds. The van der Waals surface area contributed by atoms with Crippen molar-refractivity contribution in [3.63, 3.8) is 0 Å². The minimum atomic E-state index is -0.630. The van der Waals surface area contributed by atoms with Crippen LogP contribution >= 0.6 is 0 Å². The zero-order valence-corrected chi connectivity index (χ0v) is 20.9. The Labute approximate surface area is 201 Å². The molecule has 8 heteroatoms. The van der Waals surface area contributed by atoms with Gasteiger partial charge in [-0.1, -0.05) is 38.1 Å². The predicted molar refractivity (Wildman–Crippen MR) is 136 cm³/mol. The van der Waals surface area contributed by atoms with Gasteiger partial charge < -0.3 is 20.2 Å². The molecule has 2 aromatic rings. The van der Waals surface area contributed by atoms with E-state index in [0.717, 1.165) is 0 Å². The normalized spacial score (nSPS) is 10.4. The number of hydrogen-bond acceptors (Lipinski definition) is 6. The largest absolute Gasteiger partial charge is 0.444 e. The Morgan fingerprint density at radius 3 is 2.03 bits per heavy atom. The van der Waals surface area contributed by atoms with Gasteiger partial charge in [0.05, 0.1) is 5.69 Å². The van der Waals surface area contributed by atoms with E-state index in [1.54, 1.807) is 82.3 Å². The maximum Gasteiger partial charge on any atom is 0.412 e. The quantitative estimate of drug-likeness (QED) is 0.280. The first-order valence-electron chi connectivity index (χ1n) is 10.8. The van der Waals surface area contributed by atoms with Crippen LogP contribution in [0.1, 0.15) is 64.4 Å². The standard InChI is InChI=1S/C23H26N2O5.C2H6.CH3N/c1-6-19(25-22(28)30-23(3,4)5)18-9-7-8-10-20(18)24-21(27)16-11-13-17(14-12-16)29-15(2)26;2*1-2/h6-14H,1-5H3,(H,24,27)(H,25,28);1-2H3;2H,1H2/b19-6-;;. The number of nitrogens with one attached hydrogen (secondary N) is 3. The molecule has 0 radical (unpaired) electrons. The third-order valence-electron chi connectivity index (χ3n) is 3.77. The minimum absolute atomic E-state index is 0.343. The summed E-state index contributed by atoms with van der Waals surface area (Å²) >= 11 is 0. The van der Waals surface area contributed by atoms with Gasteiger partial charge in [-0.2, -0.15) is 0 Å². The molecule has 2 aromatic carbocycles. The molecule has 0 saturated heterocycles. The number of hydrogen-bond donors (Lipinski definition) is 3. The SMILES string of the molecule is C/C=C(\NC(=O)OC(C)(C)C)c1ccccc1NC(=O)c1ccc(OC(C)=O)cc1.C=N.CC. The van der Waals surface area contributed by atoms with Crippen LogP contribution in [0.4, 0.5) is 10.5 Å². The molecule has 0 aliphatic heterocycles. The summed E-state index contributed by atoms with van der Waals surface area (Å²) in [6.07, 6.45) is 1.14. The number of para-hydroxylation sites is 1. The predicted octanol–water partition coefficient (Wildman–Crippen LogP) is 6.04. The Hall–Kier alpha value is -3.94. The lowest BCUT2D eigenvalue weighted by atomic mass is 10.1. The molecule has 0 heterocycles. The number of alkyl carbamates (subject to hydrolysis) is 1. The van der Waals surface area contributed by atoms with Crippen LogP contribution in [0.15, 0.2) is 54.6 Å². The van der Waals surface area contributed by atoms with E-state index in [-0.39, 0.29) is 5.91 Å². The molecule has 0 saturated carbocycles. The first-order valence-corrected chi connectivity index (χ1v) is 10.8. The summed E-state index contributed by atoms with van der Waals surface area (Å²) in [4.78, 5) is 35.8. The molecular weight excluding hydrogens is 434 g/mol. The van der Waals surface area contributed by atoms with Crippen molar-refractivity contribution in [2.45, 2.75) is 54.1 Å². The molecule has 0 spiro atoms. The topological polar surface area (TPSA) is 118 Å². The van der Waals surface area contributed by atoms with E-state index in [0.29, 0.717) is 28.3 Å². The van der Waals surface area contributed by atoms with Crippen molar-refractivity contribution in [2.75, 3.05) is 5.32 Å². The van der Waals surface area contributed by atoms with Gasteiger partial charge in [0, 0.05) is 23.7 Å². The van der Waals surface area contributed by atoms with Crippen LogP contribution in [0, 0.1) is 5.41 Å². The Morgan fingerprint density at radius 1 is 0.971 bits per heavy atom. The van der Waals surface area contributed by atoms with Crippen LogP contribution in [0.3, 0.4) is 0 Å². The van der Waals surface area contributed by atoms with Gasteiger partial charge in [-0.3, -0.25) is 14.9 Å². The number of allylic oxidation sites excluding steroid dienone is 1. The Morgan fingerprint density at radius 2 is 1.53 bits per heavy atom. The van der Waals surface area contributed by atoms with E-state index >= 15 is 0 Å². The molecule has 0 atom stereocenters. The first kappa shape index (κ1) is 30.1. The smallest absolute Gasteiger partial charge is 0.412 e. The van der Waals surface area contributed by atoms with Crippen LogP contribution in [0.5, 0.6) is 5.75 Å². The monoisotopic (exact) mass is 469 g/mol. The number of carbonyl (C=O) groups is 3. The molecule has 0 aromatic heterocycles. The van der Waals surface area contributed by atoms with Crippen LogP contribution in [-0.2, 0) is 9.53 Å². The zero-order chi connectivity index (χ0) is 26.3. The summed E-state index contributed by atoms with van der Waals surface area (Å²) in [5.74, 6) is -0.417. The second-order valence-electron chi connectivity index (χ2n) is 7.45. The summed E-state index contributed by atoms with van der Waals surface area (Å²) in [5.41, 5.74) is 1.43. The second-order valence-corrected chi connectivity index (χ2v) is 7.45. The van der Waals surface area contributed by atoms with Crippen molar-refractivity contribution in [1.82, 2.24) is 5.32 Å². The molecule has 0 aliphatic carbocycles. The van der Waals surface area contributed by atoms with Crippen molar-refractivity contribution < 1.29 is 23.9 Å². The lowest BCUT2D eigenvalue weighted by Gasteiger charge is -2.21. The number of amides is 2. The van der Waals surface area contributed by atoms with Crippen molar-refractivity contribution >= 4 is 36.1 Å². The van der Waals surface area contributed by atoms with Crippen LogP contribution in [-0.4, -0.2) is 30.3 Å². The minimum Gasteiger partial charge on any atom is -0.444 e. The molecule has 34 heavy (non-hydrogen) atoms. The van der Waals surface area contributed by atoms with Gasteiger partial charge in [-0.05, 0) is 64.7 Å². The van der Waals surface area contributed by atoms with Crippen LogP contribution in [0.25, 0.3) is 5.70 Å². The molecule has 184 valence electrons. The third-order valence-corrected chi connectivity index (χ3v) is 3.77. The fourth-order valence-electron chi connectivity index (χ4n) is 2.57. The van der Waals surface area contributed by atoms with Crippen molar-refractivity contribution in [3.8, 4) is 5.75 Å². The number of rotatable bonds is 5. The van der Waals surface area contributed by atoms with Gasteiger partial charge >= 0.3 is 12.1 Å². The van der Waals surface area contributed by atoms with Crippen molar-refractivity contribution in [1.29, 1.82) is 5.41 Å². The molecule has 8 nitrogen and oxygen atoms in total. The van der Waals surface area contributed by atoms with Crippen LogP contribution in [0.2, 0.25) is 0 Å². The molecular formula is C26H35N3O5. The van der Waals surface area contributed by atoms with E-state index in [1.807, 2.05) is 13.8 Å². The fourth-order valence-corrected chi connectivity index (χ4v) is 2.57. The highest BCUT2D eigenvalue weighted by Crippen LogP contribution is 2.24. The maximum atomic E-state index is 12.7. The number of anilines is 1. The van der Waals surface area contributed by atoms with Gasteiger partial charge in [0.15, 0.2) is 0 Å². The van der Waals surface area contributed by atoms with Gasteiger partial charge in [0.2, 0.25) is 0 Å². The van der Waals surface area contributed by atoms with E-state index in [2.05, 4.69) is 17.4 Å². The fraction of sp³-hybridized carbons (Fsp3) is 0.308. The number of carbonyl (C=O) groups excluding carboxylic acids is 3. The first-order chi connectivity index (χ1) is 16.1. The van der Waals surface area contributed by atoms with Crippen molar-refractivity contribution in [3.05, 3.63) is 65.7 Å². The summed E-state index contributed by atoms with van der Waals surface area (Å²) in [5, 5.41) is 11.1. The summed E-state index contributed by atoms with van der Waals surface area (Å²) in [6.45, 7) is 14.9. The Kier molecular flexibility index (Phi) is 13.3. The molecule has 0 unspecified atom stereocenters. The van der Waals surface area contributed by atoms with Gasteiger partial charge in [0.25, 0.3) is 5.91 Å². The van der Waals surface area contributed by atoms with Gasteiger partial charge in [-0.15, -0.1) is 0 Å². The Balaban J connectivity index is 0.00000258. The summed E-state index contributed by atoms with van der Waals surface area (Å²) < 4.78 is 10.3. The molecule has 3 N–H and O–H groups in total. The van der Waals surface area contributed by atoms with Crippen molar-refractivity contribution in [2.24, 2.45) is 0 Å². The third kappa shape index (κ3) is 10.6. The summed E-state index contributed by atoms with van der Waals surface area (Å²) in [6, 6.07) is 13.3. The molecule has 0 fully saturated rings. The second kappa shape index (κ2) is 15.0. The number of ether oxygens (including phenoxy) is 2. The average molecular weight is 470 g/mol. The number of esters is 1. The lowest BCUT2D eigenvalue weighted by Crippen LogP contribution is -2.31.